The molecule has 0 saturated carbocycles. The second-order valence-electron chi connectivity index (χ2n) is 3.13. The van der Waals surface area contributed by atoms with Gasteiger partial charge in [0.05, 0.1) is 18.3 Å². The molecule has 1 aromatic rings. The SMILES string of the molecule is Cn1nnc(Br)c1C(N)COCC(F)(F)F. The van der Waals surface area contributed by atoms with Crippen LogP contribution in [0.2, 0.25) is 0 Å². The molecule has 0 spiro atoms. The maximum atomic E-state index is 11.8. The number of halogens is 4. The summed E-state index contributed by atoms with van der Waals surface area (Å²) in [5, 5.41) is 7.32. The van der Waals surface area contributed by atoms with Crippen molar-refractivity contribution < 1.29 is 17.9 Å². The van der Waals surface area contributed by atoms with Crippen molar-refractivity contribution in [3.63, 3.8) is 0 Å². The molecule has 0 bridgehead atoms. The van der Waals surface area contributed by atoms with Gasteiger partial charge in [-0.05, 0) is 15.9 Å². The first-order valence-corrected chi connectivity index (χ1v) is 5.05. The highest BCUT2D eigenvalue weighted by atomic mass is 79.9. The van der Waals surface area contributed by atoms with Crippen molar-refractivity contribution in [3.05, 3.63) is 10.3 Å². The van der Waals surface area contributed by atoms with Crippen molar-refractivity contribution >= 4 is 15.9 Å². The fourth-order valence-corrected chi connectivity index (χ4v) is 1.73. The highest BCUT2D eigenvalue weighted by Gasteiger charge is 2.28. The van der Waals surface area contributed by atoms with Crippen LogP contribution in [0.1, 0.15) is 11.7 Å². The van der Waals surface area contributed by atoms with Crippen LogP contribution in [0.25, 0.3) is 0 Å². The van der Waals surface area contributed by atoms with Gasteiger partial charge in [0, 0.05) is 7.05 Å². The number of hydrogen-bond donors (Lipinski definition) is 1. The molecule has 1 heterocycles. The van der Waals surface area contributed by atoms with Crippen LogP contribution in [0, 0.1) is 0 Å². The molecule has 0 aliphatic heterocycles. The third-order valence-electron chi connectivity index (χ3n) is 1.74. The first kappa shape index (κ1) is 13.4. The molecule has 92 valence electrons. The maximum absolute atomic E-state index is 11.8. The van der Waals surface area contributed by atoms with Crippen LogP contribution in [0.4, 0.5) is 13.2 Å². The second-order valence-corrected chi connectivity index (χ2v) is 3.88. The Hall–Kier alpha value is -0.670. The summed E-state index contributed by atoms with van der Waals surface area (Å²) < 4.78 is 41.6. The summed E-state index contributed by atoms with van der Waals surface area (Å²) in [7, 11) is 1.59. The predicted octanol–water partition coefficient (Wildman–Crippen LogP) is 1.16. The number of aryl methyl sites for hydroxylation is 1. The first-order valence-electron chi connectivity index (χ1n) is 4.26. The van der Waals surface area contributed by atoms with E-state index in [9.17, 15) is 13.2 Å². The van der Waals surface area contributed by atoms with Gasteiger partial charge in [0.1, 0.15) is 6.61 Å². The number of ether oxygens (including phenoxy) is 1. The van der Waals surface area contributed by atoms with Crippen molar-refractivity contribution in [2.45, 2.75) is 12.2 Å². The van der Waals surface area contributed by atoms with E-state index in [0.29, 0.717) is 10.3 Å². The smallest absolute Gasteiger partial charge is 0.370 e. The van der Waals surface area contributed by atoms with E-state index in [0.717, 1.165) is 0 Å². The number of alkyl halides is 3. The van der Waals surface area contributed by atoms with Crippen molar-refractivity contribution in [2.24, 2.45) is 12.8 Å². The Labute approximate surface area is 97.9 Å². The zero-order chi connectivity index (χ0) is 12.3. The third-order valence-corrected chi connectivity index (χ3v) is 2.31. The normalized spacial score (nSPS) is 14.1. The van der Waals surface area contributed by atoms with E-state index in [-0.39, 0.29) is 6.61 Å². The third kappa shape index (κ3) is 3.72. The van der Waals surface area contributed by atoms with Crippen molar-refractivity contribution in [1.29, 1.82) is 0 Å². The quantitative estimate of drug-likeness (QED) is 0.906. The van der Waals surface area contributed by atoms with Crippen LogP contribution in [-0.4, -0.2) is 34.4 Å². The van der Waals surface area contributed by atoms with E-state index >= 15 is 0 Å². The number of aromatic nitrogens is 3. The van der Waals surface area contributed by atoms with Crippen LogP contribution >= 0.6 is 15.9 Å². The molecule has 0 aromatic carbocycles. The van der Waals surface area contributed by atoms with Crippen LogP contribution in [0.3, 0.4) is 0 Å². The Morgan fingerprint density at radius 1 is 1.56 bits per heavy atom. The summed E-state index contributed by atoms with van der Waals surface area (Å²) in [6.07, 6.45) is -4.35. The highest BCUT2D eigenvalue weighted by Crippen LogP contribution is 2.20. The maximum Gasteiger partial charge on any atom is 0.411 e. The number of rotatable bonds is 4. The molecule has 1 aromatic heterocycles. The molecule has 0 amide bonds. The Balaban J connectivity index is 2.50. The molecule has 5 nitrogen and oxygen atoms in total. The molecule has 1 atom stereocenters. The molecule has 0 radical (unpaired) electrons. The van der Waals surface area contributed by atoms with Gasteiger partial charge in [0.15, 0.2) is 4.60 Å². The van der Waals surface area contributed by atoms with Gasteiger partial charge in [-0.15, -0.1) is 5.10 Å². The van der Waals surface area contributed by atoms with Crippen LogP contribution in [0.15, 0.2) is 4.60 Å². The largest absolute Gasteiger partial charge is 0.411 e. The Morgan fingerprint density at radius 3 is 2.62 bits per heavy atom. The molecule has 16 heavy (non-hydrogen) atoms. The molecule has 0 saturated heterocycles. The summed E-state index contributed by atoms with van der Waals surface area (Å²) in [4.78, 5) is 0. The monoisotopic (exact) mass is 302 g/mol. The van der Waals surface area contributed by atoms with E-state index in [1.807, 2.05) is 0 Å². The lowest BCUT2D eigenvalue weighted by atomic mass is 10.2. The fraction of sp³-hybridized carbons (Fsp3) is 0.714. The minimum atomic E-state index is -4.35. The molecule has 1 unspecified atom stereocenters. The van der Waals surface area contributed by atoms with Gasteiger partial charge in [-0.3, -0.25) is 0 Å². The van der Waals surface area contributed by atoms with Crippen LogP contribution < -0.4 is 5.73 Å². The highest BCUT2D eigenvalue weighted by molar-refractivity contribution is 9.10. The van der Waals surface area contributed by atoms with Gasteiger partial charge in [-0.1, -0.05) is 5.21 Å². The molecule has 1 rings (SSSR count). The van der Waals surface area contributed by atoms with Crippen molar-refractivity contribution in [3.8, 4) is 0 Å². The van der Waals surface area contributed by atoms with Gasteiger partial charge in [-0.2, -0.15) is 13.2 Å². The summed E-state index contributed by atoms with van der Waals surface area (Å²) in [5.41, 5.74) is 6.14. The topological polar surface area (TPSA) is 66.0 Å². The van der Waals surface area contributed by atoms with E-state index in [2.05, 4.69) is 31.0 Å². The summed E-state index contributed by atoms with van der Waals surface area (Å²) in [6.45, 7) is -1.57. The van der Waals surface area contributed by atoms with E-state index in [4.69, 9.17) is 5.73 Å². The van der Waals surface area contributed by atoms with Crippen molar-refractivity contribution in [2.75, 3.05) is 13.2 Å². The lowest BCUT2D eigenvalue weighted by molar-refractivity contribution is -0.174. The average Bonchev–Trinajstić information content (AvgIpc) is 2.43. The number of nitrogens with zero attached hydrogens (tertiary/aromatic N) is 3. The fourth-order valence-electron chi connectivity index (χ4n) is 1.11. The lowest BCUT2D eigenvalue weighted by Gasteiger charge is -2.13. The van der Waals surface area contributed by atoms with Crippen molar-refractivity contribution in [1.82, 2.24) is 15.0 Å². The van der Waals surface area contributed by atoms with Gasteiger partial charge in [-0.25, -0.2) is 4.68 Å². The van der Waals surface area contributed by atoms with Gasteiger partial charge in [0.2, 0.25) is 0 Å². The summed E-state index contributed by atoms with van der Waals surface area (Å²) in [5.74, 6) is 0. The molecular formula is C7H10BrF3N4O. The minimum Gasteiger partial charge on any atom is -0.370 e. The number of nitrogens with two attached hydrogens (primary N) is 1. The Morgan fingerprint density at radius 2 is 2.19 bits per heavy atom. The Kier molecular flexibility index (Phi) is 4.28. The van der Waals surface area contributed by atoms with Gasteiger partial charge in [0.25, 0.3) is 0 Å². The van der Waals surface area contributed by atoms with E-state index in [1.165, 1.54) is 4.68 Å². The zero-order valence-corrected chi connectivity index (χ0v) is 9.92. The van der Waals surface area contributed by atoms with Gasteiger partial charge >= 0.3 is 6.18 Å². The Bertz CT molecular complexity index is 334. The average molecular weight is 303 g/mol. The number of hydrogen-bond acceptors (Lipinski definition) is 4. The molecule has 0 aliphatic rings. The summed E-state index contributed by atoms with van der Waals surface area (Å²) in [6, 6.07) is -0.711. The van der Waals surface area contributed by atoms with E-state index in [1.54, 1.807) is 7.05 Å². The molecule has 0 aliphatic carbocycles. The zero-order valence-electron chi connectivity index (χ0n) is 8.33. The molecule has 2 N–H and O–H groups in total. The van der Waals surface area contributed by atoms with Crippen LogP contribution in [0.5, 0.6) is 0 Å². The lowest BCUT2D eigenvalue weighted by Crippen LogP contribution is -2.24. The van der Waals surface area contributed by atoms with E-state index < -0.39 is 18.8 Å². The summed E-state index contributed by atoms with van der Waals surface area (Å²) >= 11 is 3.10. The standard InChI is InChI=1S/C7H10BrF3N4O/c1-15-5(6(8)13-14-15)4(12)2-16-3-7(9,10)11/h4H,2-3,12H2,1H3. The molecule has 0 fully saturated rings. The molecular weight excluding hydrogens is 293 g/mol. The van der Waals surface area contributed by atoms with Gasteiger partial charge < -0.3 is 10.5 Å². The predicted molar refractivity (Wildman–Crippen MR) is 52.5 cm³/mol. The second kappa shape index (κ2) is 5.11. The first-order chi connectivity index (χ1) is 7.31. The minimum absolute atomic E-state index is 0.251. The van der Waals surface area contributed by atoms with Crippen LogP contribution in [-0.2, 0) is 11.8 Å². The molecule has 9 heteroatoms.